The molecule has 2 aliphatic heterocycles. The number of amidine groups is 1. The van der Waals surface area contributed by atoms with Crippen LogP contribution in [0.25, 0.3) is 0 Å². The second-order valence-electron chi connectivity index (χ2n) is 6.60. The van der Waals surface area contributed by atoms with Gasteiger partial charge in [-0.3, -0.25) is 9.89 Å². The van der Waals surface area contributed by atoms with Crippen LogP contribution in [0.1, 0.15) is 36.4 Å². The first-order valence-electron chi connectivity index (χ1n) is 8.31. The maximum Gasteiger partial charge on any atom is 0.326 e. The quantitative estimate of drug-likeness (QED) is 0.802. The molecule has 2 amide bonds. The predicted molar refractivity (Wildman–Crippen MR) is 97.3 cm³/mol. The van der Waals surface area contributed by atoms with Crippen molar-refractivity contribution in [2.24, 2.45) is 10.9 Å². The fourth-order valence-electron chi connectivity index (χ4n) is 3.69. The molecule has 1 saturated heterocycles. The standard InChI is InChI=1S/C19H21N3OS/c1-12-16(15-10-7-11-24-15)20-18(12)22-17(13(2)21(3)19(22)23)14-8-5-4-6-9-14/h4-13,16-17H,1-3H3/t12-,13-,16+,17-/m0/s1. The van der Waals surface area contributed by atoms with Crippen LogP contribution in [0, 0.1) is 5.92 Å². The molecular formula is C19H21N3OS. The van der Waals surface area contributed by atoms with Gasteiger partial charge in [0.1, 0.15) is 5.84 Å². The summed E-state index contributed by atoms with van der Waals surface area (Å²) in [5.41, 5.74) is 1.16. The lowest BCUT2D eigenvalue weighted by Gasteiger charge is -2.38. The zero-order valence-electron chi connectivity index (χ0n) is 14.1. The molecule has 4 atom stereocenters. The lowest BCUT2D eigenvalue weighted by Crippen LogP contribution is -2.46. The second kappa shape index (κ2) is 5.74. The number of nitrogens with zero attached hydrogens (tertiary/aromatic N) is 3. The van der Waals surface area contributed by atoms with Gasteiger partial charge in [-0.05, 0) is 23.9 Å². The molecule has 124 valence electrons. The fourth-order valence-corrected chi connectivity index (χ4v) is 4.56. The third kappa shape index (κ3) is 2.18. The molecule has 1 aromatic carbocycles. The molecule has 0 saturated carbocycles. The molecule has 0 bridgehead atoms. The molecule has 0 unspecified atom stereocenters. The van der Waals surface area contributed by atoms with Crippen LogP contribution in [0.15, 0.2) is 52.8 Å². The lowest BCUT2D eigenvalue weighted by atomic mass is 9.90. The molecule has 4 nitrogen and oxygen atoms in total. The van der Waals surface area contributed by atoms with Crippen LogP contribution in [0.5, 0.6) is 0 Å². The molecule has 0 N–H and O–H groups in total. The van der Waals surface area contributed by atoms with Gasteiger partial charge < -0.3 is 4.90 Å². The molecular weight excluding hydrogens is 318 g/mol. The zero-order chi connectivity index (χ0) is 16.8. The number of rotatable bonds is 2. The van der Waals surface area contributed by atoms with E-state index in [1.807, 2.05) is 35.0 Å². The van der Waals surface area contributed by atoms with Crippen molar-refractivity contribution in [2.75, 3.05) is 7.05 Å². The summed E-state index contributed by atoms with van der Waals surface area (Å²) in [6.45, 7) is 4.28. The van der Waals surface area contributed by atoms with E-state index in [4.69, 9.17) is 4.99 Å². The topological polar surface area (TPSA) is 35.9 Å². The Labute approximate surface area is 146 Å². The number of aliphatic imine (C=N–C) groups is 1. The first-order valence-corrected chi connectivity index (χ1v) is 9.19. The number of hydrogen-bond donors (Lipinski definition) is 0. The Morgan fingerprint density at radius 2 is 1.83 bits per heavy atom. The number of carbonyl (C=O) groups is 1. The van der Waals surface area contributed by atoms with Gasteiger partial charge >= 0.3 is 6.03 Å². The highest BCUT2D eigenvalue weighted by atomic mass is 32.1. The zero-order valence-corrected chi connectivity index (χ0v) is 14.9. The number of hydrogen-bond acceptors (Lipinski definition) is 3. The maximum atomic E-state index is 12.8. The van der Waals surface area contributed by atoms with Gasteiger partial charge in [-0.2, -0.15) is 0 Å². The summed E-state index contributed by atoms with van der Waals surface area (Å²) < 4.78 is 0. The Hall–Kier alpha value is -2.14. The molecule has 24 heavy (non-hydrogen) atoms. The third-order valence-electron chi connectivity index (χ3n) is 5.23. The highest BCUT2D eigenvalue weighted by Crippen LogP contribution is 2.44. The van der Waals surface area contributed by atoms with Gasteiger partial charge in [0.25, 0.3) is 0 Å². The summed E-state index contributed by atoms with van der Waals surface area (Å²) in [4.78, 5) is 22.7. The van der Waals surface area contributed by atoms with Crippen molar-refractivity contribution in [3.63, 3.8) is 0 Å². The Bertz CT molecular complexity index is 771. The number of amides is 2. The average molecular weight is 339 g/mol. The van der Waals surface area contributed by atoms with Gasteiger partial charge in [-0.25, -0.2) is 4.79 Å². The minimum atomic E-state index is 0.0224. The van der Waals surface area contributed by atoms with Crippen molar-refractivity contribution < 1.29 is 4.79 Å². The highest BCUT2D eigenvalue weighted by molar-refractivity contribution is 7.10. The van der Waals surface area contributed by atoms with E-state index >= 15 is 0 Å². The highest BCUT2D eigenvalue weighted by Gasteiger charge is 2.49. The van der Waals surface area contributed by atoms with Gasteiger partial charge in [0.15, 0.2) is 0 Å². The molecule has 0 radical (unpaired) electrons. The van der Waals surface area contributed by atoms with Crippen molar-refractivity contribution >= 4 is 23.2 Å². The van der Waals surface area contributed by atoms with Crippen LogP contribution in [-0.4, -0.2) is 34.8 Å². The van der Waals surface area contributed by atoms with E-state index < -0.39 is 0 Å². The third-order valence-corrected chi connectivity index (χ3v) is 6.17. The number of likely N-dealkylation sites (N-methyl/N-ethyl adjacent to an activating group) is 1. The second-order valence-corrected chi connectivity index (χ2v) is 7.58. The summed E-state index contributed by atoms with van der Waals surface area (Å²) in [7, 11) is 1.88. The lowest BCUT2D eigenvalue weighted by molar-refractivity contribution is 0.205. The van der Waals surface area contributed by atoms with Gasteiger partial charge in [0.05, 0.1) is 18.1 Å². The molecule has 1 aromatic heterocycles. The molecule has 1 fully saturated rings. The smallest absolute Gasteiger partial charge is 0.322 e. The van der Waals surface area contributed by atoms with E-state index in [0.717, 1.165) is 11.4 Å². The van der Waals surface area contributed by atoms with Crippen molar-refractivity contribution in [2.45, 2.75) is 32.0 Å². The molecule has 2 aromatic rings. The molecule has 3 heterocycles. The summed E-state index contributed by atoms with van der Waals surface area (Å²) in [6, 6.07) is 14.8. The van der Waals surface area contributed by atoms with Gasteiger partial charge in [-0.15, -0.1) is 11.3 Å². The van der Waals surface area contributed by atoms with Gasteiger partial charge in [0.2, 0.25) is 0 Å². The Morgan fingerprint density at radius 3 is 2.46 bits per heavy atom. The molecule has 2 aliphatic rings. The van der Waals surface area contributed by atoms with Crippen LogP contribution in [0.3, 0.4) is 0 Å². The first-order chi connectivity index (χ1) is 11.6. The minimum Gasteiger partial charge on any atom is -0.322 e. The largest absolute Gasteiger partial charge is 0.326 e. The average Bonchev–Trinajstić information content (AvgIpc) is 3.19. The summed E-state index contributed by atoms with van der Waals surface area (Å²) in [5, 5.41) is 2.08. The summed E-state index contributed by atoms with van der Waals surface area (Å²) >= 11 is 1.73. The van der Waals surface area contributed by atoms with E-state index in [1.165, 1.54) is 4.88 Å². The Morgan fingerprint density at radius 1 is 1.08 bits per heavy atom. The Kier molecular flexibility index (Phi) is 3.68. The number of thiophene rings is 1. The normalized spacial score (nSPS) is 29.6. The Balaban J connectivity index is 1.70. The maximum absolute atomic E-state index is 12.8. The van der Waals surface area contributed by atoms with Crippen LogP contribution in [0.4, 0.5) is 4.79 Å². The first kappa shape index (κ1) is 15.4. The number of urea groups is 1. The van der Waals surface area contributed by atoms with Crippen LogP contribution in [0.2, 0.25) is 0 Å². The molecule has 0 aliphatic carbocycles. The van der Waals surface area contributed by atoms with Gasteiger partial charge in [0, 0.05) is 17.8 Å². The number of benzene rings is 1. The van der Waals surface area contributed by atoms with Crippen LogP contribution < -0.4 is 0 Å². The van der Waals surface area contributed by atoms with Crippen LogP contribution in [-0.2, 0) is 0 Å². The van der Waals surface area contributed by atoms with E-state index in [1.54, 1.807) is 11.3 Å². The minimum absolute atomic E-state index is 0.0224. The SMILES string of the molecule is C[C@@H]1C(N2C(=O)N(C)[C@@H](C)[C@H]2c2ccccc2)=N[C@H]1c1cccs1. The fraction of sp³-hybridized carbons (Fsp3) is 0.368. The van der Waals surface area contributed by atoms with Crippen molar-refractivity contribution in [3.8, 4) is 0 Å². The molecule has 5 heteroatoms. The van der Waals surface area contributed by atoms with E-state index in [2.05, 4.69) is 43.5 Å². The predicted octanol–water partition coefficient (Wildman–Crippen LogP) is 4.33. The summed E-state index contributed by atoms with van der Waals surface area (Å²) in [5.74, 6) is 1.18. The molecule has 4 rings (SSSR count). The monoisotopic (exact) mass is 339 g/mol. The summed E-state index contributed by atoms with van der Waals surface area (Å²) in [6.07, 6.45) is 0. The number of carbonyl (C=O) groups excluding carboxylic acids is 1. The van der Waals surface area contributed by atoms with Crippen molar-refractivity contribution in [1.29, 1.82) is 0 Å². The van der Waals surface area contributed by atoms with E-state index in [-0.39, 0.29) is 30.1 Å². The van der Waals surface area contributed by atoms with Crippen LogP contribution >= 0.6 is 11.3 Å². The van der Waals surface area contributed by atoms with E-state index in [0.29, 0.717) is 0 Å². The molecule has 0 spiro atoms. The van der Waals surface area contributed by atoms with Crippen molar-refractivity contribution in [1.82, 2.24) is 9.80 Å². The van der Waals surface area contributed by atoms with Crippen molar-refractivity contribution in [3.05, 3.63) is 58.3 Å². The van der Waals surface area contributed by atoms with Gasteiger partial charge in [-0.1, -0.05) is 43.3 Å². The van der Waals surface area contributed by atoms with E-state index in [9.17, 15) is 4.79 Å².